The molecule has 0 amide bonds. The summed E-state index contributed by atoms with van der Waals surface area (Å²) in [7, 11) is 1.37. The van der Waals surface area contributed by atoms with E-state index in [0.717, 1.165) is 31.4 Å². The molecule has 0 aromatic carbocycles. The van der Waals surface area contributed by atoms with Crippen molar-refractivity contribution in [3.63, 3.8) is 0 Å². The molecule has 23 heavy (non-hydrogen) atoms. The Bertz CT molecular complexity index is 435. The molecule has 0 radical (unpaired) electrons. The highest BCUT2D eigenvalue weighted by Crippen LogP contribution is 2.12. The van der Waals surface area contributed by atoms with E-state index in [1.807, 2.05) is 0 Å². The first-order chi connectivity index (χ1) is 10.9. The van der Waals surface area contributed by atoms with Crippen LogP contribution in [0, 0.1) is 0 Å². The lowest BCUT2D eigenvalue weighted by Gasteiger charge is -2.07. The molecule has 2 N–H and O–H groups in total. The molecule has 0 aromatic rings. The molecule has 1 atom stereocenters. The molecule has 132 valence electrons. The molecule has 4 heteroatoms. The Morgan fingerprint density at radius 3 is 2.17 bits per heavy atom. The fourth-order valence-electron chi connectivity index (χ4n) is 1.95. The van der Waals surface area contributed by atoms with Gasteiger partial charge in [0.15, 0.2) is 0 Å². The van der Waals surface area contributed by atoms with Gasteiger partial charge in [0, 0.05) is 11.5 Å². The summed E-state index contributed by atoms with van der Waals surface area (Å²) in [4.78, 5) is 11.2. The number of hydrogen-bond donors (Lipinski definition) is 1. The normalized spacial score (nSPS) is 13.7. The molecular formula is C19H33NO2S. The summed E-state index contributed by atoms with van der Waals surface area (Å²) in [5.74, 6) is 1.14. The first-order valence-corrected chi connectivity index (χ1v) is 9.38. The highest BCUT2D eigenvalue weighted by atomic mass is 32.2. The number of esters is 1. The Labute approximate surface area is 146 Å². The summed E-state index contributed by atoms with van der Waals surface area (Å²) in [5, 5.41) is 0. The number of thioether (sulfide) groups is 1. The number of rotatable bonds is 11. The maximum Gasteiger partial charge on any atom is 0.323 e. The molecule has 0 aliphatic heterocycles. The number of allylic oxidation sites excluding steroid dienone is 5. The third-order valence-electron chi connectivity index (χ3n) is 3.47. The Balaban J connectivity index is 3.90. The number of nitrogens with two attached hydrogens (primary N) is 1. The Morgan fingerprint density at radius 1 is 1.04 bits per heavy atom. The zero-order chi connectivity index (χ0) is 17.7. The van der Waals surface area contributed by atoms with Crippen molar-refractivity contribution in [2.24, 2.45) is 5.73 Å². The highest BCUT2D eigenvalue weighted by molar-refractivity contribution is 7.99. The van der Waals surface area contributed by atoms with Gasteiger partial charge in [-0.2, -0.15) is 11.8 Å². The summed E-state index contributed by atoms with van der Waals surface area (Å²) >= 11 is 1.66. The van der Waals surface area contributed by atoms with Crippen LogP contribution in [0.5, 0.6) is 0 Å². The second-order valence-electron chi connectivity index (χ2n) is 6.13. The predicted octanol–water partition coefficient (Wildman–Crippen LogP) is 4.64. The molecule has 0 aromatic heterocycles. The fraction of sp³-hybridized carbons (Fsp3) is 0.632. The van der Waals surface area contributed by atoms with Crippen LogP contribution < -0.4 is 5.73 Å². The van der Waals surface area contributed by atoms with Gasteiger partial charge in [-0.15, -0.1) is 0 Å². The minimum Gasteiger partial charge on any atom is -0.468 e. The number of ether oxygens (including phenoxy) is 1. The van der Waals surface area contributed by atoms with Crippen molar-refractivity contribution in [1.82, 2.24) is 0 Å². The second kappa shape index (κ2) is 13.4. The molecule has 3 nitrogen and oxygen atoms in total. The van der Waals surface area contributed by atoms with E-state index in [0.29, 0.717) is 5.75 Å². The quantitative estimate of drug-likeness (QED) is 0.338. The summed E-state index contributed by atoms with van der Waals surface area (Å²) < 4.78 is 4.60. The Hall–Kier alpha value is -1.00. The fourth-order valence-corrected chi connectivity index (χ4v) is 2.88. The molecule has 0 heterocycles. The van der Waals surface area contributed by atoms with E-state index in [9.17, 15) is 4.79 Å². The minimum atomic E-state index is -0.523. The standard InChI is InChI=1S/C19H33NO2S/c1-15(2)8-6-9-16(3)10-7-11-17(4)12-13-23-14-18(20)19(21)22-5/h8,10,12,18H,6-7,9,11,13-14,20H2,1-5H3/b16-10-,17-12-/t18-/m0/s1. The van der Waals surface area contributed by atoms with Crippen LogP contribution >= 0.6 is 11.8 Å². The van der Waals surface area contributed by atoms with Crippen molar-refractivity contribution in [1.29, 1.82) is 0 Å². The zero-order valence-electron chi connectivity index (χ0n) is 15.4. The summed E-state index contributed by atoms with van der Waals surface area (Å²) in [5.41, 5.74) is 9.93. The third-order valence-corrected chi connectivity index (χ3v) is 4.47. The van der Waals surface area contributed by atoms with Crippen LogP contribution in [-0.2, 0) is 9.53 Å². The molecule has 0 spiro atoms. The summed E-state index contributed by atoms with van der Waals surface area (Å²) in [6, 6.07) is -0.523. The van der Waals surface area contributed by atoms with Crippen molar-refractivity contribution in [3.8, 4) is 0 Å². The summed E-state index contributed by atoms with van der Waals surface area (Å²) in [6.45, 7) is 8.65. The van der Waals surface area contributed by atoms with E-state index >= 15 is 0 Å². The van der Waals surface area contributed by atoms with Gasteiger partial charge >= 0.3 is 5.97 Å². The monoisotopic (exact) mass is 339 g/mol. The second-order valence-corrected chi connectivity index (χ2v) is 7.20. The summed E-state index contributed by atoms with van der Waals surface area (Å²) in [6.07, 6.45) is 11.3. The Morgan fingerprint density at radius 2 is 1.61 bits per heavy atom. The van der Waals surface area contributed by atoms with Crippen LogP contribution in [0.1, 0.15) is 53.4 Å². The van der Waals surface area contributed by atoms with Crippen molar-refractivity contribution in [2.75, 3.05) is 18.6 Å². The van der Waals surface area contributed by atoms with E-state index < -0.39 is 6.04 Å². The molecule has 0 bridgehead atoms. The SMILES string of the molecule is COC(=O)[C@@H](N)CSC/C=C(/C)CC/C=C(/C)CCC=C(C)C. The lowest BCUT2D eigenvalue weighted by atomic mass is 10.1. The number of carbonyl (C=O) groups excluding carboxylic acids is 1. The third kappa shape index (κ3) is 13.2. The van der Waals surface area contributed by atoms with E-state index in [1.54, 1.807) is 11.8 Å². The molecule has 0 fully saturated rings. The largest absolute Gasteiger partial charge is 0.468 e. The molecule has 0 rings (SSSR count). The van der Waals surface area contributed by atoms with Gasteiger partial charge in [-0.3, -0.25) is 4.79 Å². The first kappa shape index (κ1) is 22.0. The average Bonchev–Trinajstić information content (AvgIpc) is 2.50. The van der Waals surface area contributed by atoms with Crippen molar-refractivity contribution >= 4 is 17.7 Å². The lowest BCUT2D eigenvalue weighted by molar-refractivity contribution is -0.141. The van der Waals surface area contributed by atoms with Crippen molar-refractivity contribution in [3.05, 3.63) is 34.9 Å². The van der Waals surface area contributed by atoms with E-state index in [2.05, 4.69) is 50.7 Å². The van der Waals surface area contributed by atoms with Crippen molar-refractivity contribution in [2.45, 2.75) is 59.4 Å². The molecule has 0 aliphatic carbocycles. The van der Waals surface area contributed by atoms with Gasteiger partial charge in [0.05, 0.1) is 7.11 Å². The molecule has 0 saturated heterocycles. The molecule has 0 saturated carbocycles. The van der Waals surface area contributed by atoms with Crippen LogP contribution in [0.2, 0.25) is 0 Å². The van der Waals surface area contributed by atoms with Gasteiger partial charge in [-0.25, -0.2) is 0 Å². The van der Waals surface area contributed by atoms with Gasteiger partial charge in [0.25, 0.3) is 0 Å². The average molecular weight is 340 g/mol. The molecular weight excluding hydrogens is 306 g/mol. The van der Waals surface area contributed by atoms with Crippen LogP contribution in [-0.4, -0.2) is 30.6 Å². The van der Waals surface area contributed by atoms with Crippen LogP contribution in [0.4, 0.5) is 0 Å². The van der Waals surface area contributed by atoms with Gasteiger partial charge in [-0.05, 0) is 53.4 Å². The van der Waals surface area contributed by atoms with Gasteiger partial charge < -0.3 is 10.5 Å². The van der Waals surface area contributed by atoms with E-state index in [1.165, 1.54) is 23.8 Å². The molecule has 0 aliphatic rings. The van der Waals surface area contributed by atoms with E-state index in [-0.39, 0.29) is 5.97 Å². The number of carbonyl (C=O) groups is 1. The lowest BCUT2D eigenvalue weighted by Crippen LogP contribution is -2.33. The molecule has 0 unspecified atom stereocenters. The smallest absolute Gasteiger partial charge is 0.323 e. The maximum atomic E-state index is 11.2. The van der Waals surface area contributed by atoms with Gasteiger partial charge in [-0.1, -0.05) is 34.9 Å². The topological polar surface area (TPSA) is 52.3 Å². The minimum absolute atomic E-state index is 0.341. The predicted molar refractivity (Wildman–Crippen MR) is 103 cm³/mol. The van der Waals surface area contributed by atoms with Gasteiger partial charge in [0.1, 0.15) is 6.04 Å². The Kier molecular flexibility index (Phi) is 12.9. The number of hydrogen-bond acceptors (Lipinski definition) is 4. The zero-order valence-corrected chi connectivity index (χ0v) is 16.2. The van der Waals surface area contributed by atoms with E-state index in [4.69, 9.17) is 5.73 Å². The van der Waals surface area contributed by atoms with Gasteiger partial charge in [0.2, 0.25) is 0 Å². The van der Waals surface area contributed by atoms with Crippen LogP contribution in [0.3, 0.4) is 0 Å². The first-order valence-electron chi connectivity index (χ1n) is 8.22. The van der Waals surface area contributed by atoms with Crippen LogP contribution in [0.15, 0.2) is 34.9 Å². The van der Waals surface area contributed by atoms with Crippen LogP contribution in [0.25, 0.3) is 0 Å². The maximum absolute atomic E-state index is 11.2. The highest BCUT2D eigenvalue weighted by Gasteiger charge is 2.12. The van der Waals surface area contributed by atoms with Crippen molar-refractivity contribution < 1.29 is 9.53 Å². The number of methoxy groups -OCH3 is 1.